The lowest BCUT2D eigenvalue weighted by molar-refractivity contribution is -0.360. The van der Waals surface area contributed by atoms with Gasteiger partial charge in [-0.1, -0.05) is 90.9 Å². The van der Waals surface area contributed by atoms with Gasteiger partial charge in [-0.3, -0.25) is 13.8 Å². The Kier molecular flexibility index (Phi) is 23.7. The van der Waals surface area contributed by atoms with E-state index in [1.54, 1.807) is 6.92 Å². The molecule has 2 saturated heterocycles. The van der Waals surface area contributed by atoms with Crippen molar-refractivity contribution in [2.45, 2.75) is 214 Å². The minimum Gasteiger partial charge on any atom is -0.394 e. The molecule has 10 unspecified atom stereocenters. The first-order valence-corrected chi connectivity index (χ1v) is 22.9. The van der Waals surface area contributed by atoms with Crippen LogP contribution in [0.15, 0.2) is 0 Å². The highest BCUT2D eigenvalue weighted by Gasteiger charge is 2.58. The molecule has 2 heterocycles. The molecule has 22 heteroatoms. The number of carbonyl (C=O) groups excluding carboxylic acids is 1. The normalized spacial score (nSPS) is 37.7. The third kappa shape index (κ3) is 15.6. The number of rotatable bonds is 27. The van der Waals surface area contributed by atoms with Gasteiger partial charge >= 0.3 is 7.82 Å². The van der Waals surface area contributed by atoms with Gasteiger partial charge < -0.3 is 85.3 Å². The zero-order chi connectivity index (χ0) is 44.6. The molecule has 3 aliphatic rings. The fourth-order valence-electron chi connectivity index (χ4n) is 7.50. The number of amides is 1. The molecule has 2 aliphatic heterocycles. The van der Waals surface area contributed by atoms with Gasteiger partial charge in [0.25, 0.3) is 0 Å². The van der Waals surface area contributed by atoms with Crippen molar-refractivity contribution in [3.8, 4) is 0 Å². The number of aliphatic hydroxyl groups excluding tert-OH is 11. The SMILES string of the molecule is CCCCCCCCCCCCCCCC(=O)N[C@H](CC)COP(=O)(O)OC1C(O[C@H]2OC(CO)[C@@H](O)[C@H](O)C2O)C(O)C(O)[C@H](O)C1O[C@H]1OC(CO)[C@@H](O)C(O)[C@H]1O. The van der Waals surface area contributed by atoms with Crippen molar-refractivity contribution in [3.05, 3.63) is 0 Å². The summed E-state index contributed by atoms with van der Waals surface area (Å²) < 4.78 is 46.2. The van der Waals surface area contributed by atoms with Crippen molar-refractivity contribution in [1.82, 2.24) is 5.32 Å². The van der Waals surface area contributed by atoms with E-state index in [0.717, 1.165) is 25.7 Å². The Labute approximate surface area is 351 Å². The van der Waals surface area contributed by atoms with E-state index in [4.69, 9.17) is 28.0 Å². The van der Waals surface area contributed by atoms with Crippen molar-refractivity contribution >= 4 is 13.7 Å². The second-order valence-corrected chi connectivity index (χ2v) is 17.5. The molecule has 0 aromatic carbocycles. The first-order valence-electron chi connectivity index (χ1n) is 21.4. The first kappa shape index (κ1) is 53.3. The van der Waals surface area contributed by atoms with E-state index in [2.05, 4.69) is 12.2 Å². The van der Waals surface area contributed by atoms with Crippen LogP contribution in [0, 0.1) is 0 Å². The summed E-state index contributed by atoms with van der Waals surface area (Å²) in [4.78, 5) is 23.7. The highest BCUT2D eigenvalue weighted by Crippen LogP contribution is 2.48. The van der Waals surface area contributed by atoms with Crippen molar-refractivity contribution in [1.29, 1.82) is 0 Å². The van der Waals surface area contributed by atoms with E-state index in [9.17, 15) is 70.4 Å². The van der Waals surface area contributed by atoms with Gasteiger partial charge in [0.2, 0.25) is 5.91 Å². The zero-order valence-electron chi connectivity index (χ0n) is 34.6. The molecule has 0 aromatic rings. The van der Waals surface area contributed by atoms with Gasteiger partial charge in [-0.05, 0) is 12.8 Å². The Morgan fingerprint density at radius 2 is 0.983 bits per heavy atom. The lowest BCUT2D eigenvalue weighted by Gasteiger charge is -2.49. The van der Waals surface area contributed by atoms with Crippen molar-refractivity contribution in [2.24, 2.45) is 0 Å². The highest BCUT2D eigenvalue weighted by atomic mass is 31.2. The smallest absolute Gasteiger partial charge is 0.394 e. The fraction of sp³-hybridized carbons (Fsp3) is 0.974. The Hall–Kier alpha value is -1.02. The van der Waals surface area contributed by atoms with Gasteiger partial charge in [-0.25, -0.2) is 4.57 Å². The topological polar surface area (TPSA) is 344 Å². The van der Waals surface area contributed by atoms with E-state index in [-0.39, 0.29) is 18.7 Å². The van der Waals surface area contributed by atoms with E-state index < -0.39 is 132 Å². The standard InChI is InChI=1S/C38H72NO20P/c1-3-5-6-7-8-9-10-11-12-13-14-15-16-17-24(42)39-21(4-2)20-54-60(52,53)59-36-34(57-37-32(50)27(45)25(43)22(18-40)55-37)30(48)29(47)31(49)35(36)58-38-33(51)28(46)26(44)23(19-41)56-38/h21-23,25-38,40-41,43-51H,3-20H2,1-2H3,(H,39,42)(H,52,53)/t21-,22?,23?,25-,26-,27+,28?,29?,30?,31+,32?,33-,34?,35?,36?,37-,38-/m1/s1. The molecule has 354 valence electrons. The van der Waals surface area contributed by atoms with Crippen LogP contribution in [0.2, 0.25) is 0 Å². The van der Waals surface area contributed by atoms with Crippen LogP contribution < -0.4 is 5.32 Å². The minimum absolute atomic E-state index is 0.218. The van der Waals surface area contributed by atoms with Gasteiger partial charge in [0.15, 0.2) is 12.6 Å². The molecule has 3 fully saturated rings. The fourth-order valence-corrected chi connectivity index (χ4v) is 8.48. The van der Waals surface area contributed by atoms with Crippen LogP contribution in [0.4, 0.5) is 0 Å². The molecular weight excluding hydrogens is 821 g/mol. The lowest BCUT2D eigenvalue weighted by atomic mass is 9.84. The molecule has 18 atom stereocenters. The van der Waals surface area contributed by atoms with E-state index in [0.29, 0.717) is 6.42 Å². The number of hydrogen-bond acceptors (Lipinski definition) is 19. The molecule has 0 aromatic heterocycles. The molecule has 1 aliphatic carbocycles. The van der Waals surface area contributed by atoms with Crippen LogP contribution in [0.25, 0.3) is 0 Å². The Morgan fingerprint density at radius 1 is 0.583 bits per heavy atom. The highest BCUT2D eigenvalue weighted by molar-refractivity contribution is 7.47. The third-order valence-electron chi connectivity index (χ3n) is 11.4. The molecule has 3 rings (SSSR count). The summed E-state index contributed by atoms with van der Waals surface area (Å²) in [5.74, 6) is -0.310. The summed E-state index contributed by atoms with van der Waals surface area (Å²) in [5.41, 5.74) is 0. The van der Waals surface area contributed by atoms with Crippen LogP contribution in [-0.4, -0.2) is 191 Å². The maximum absolute atomic E-state index is 13.6. The Morgan fingerprint density at radius 3 is 1.38 bits per heavy atom. The van der Waals surface area contributed by atoms with Gasteiger partial charge in [-0.2, -0.15) is 0 Å². The predicted molar refractivity (Wildman–Crippen MR) is 208 cm³/mol. The number of ether oxygens (including phenoxy) is 4. The molecule has 0 radical (unpaired) electrons. The number of aliphatic hydroxyl groups is 11. The Balaban J connectivity index is 1.66. The van der Waals surface area contributed by atoms with E-state index in [1.807, 2.05) is 0 Å². The largest absolute Gasteiger partial charge is 0.472 e. The summed E-state index contributed by atoms with van der Waals surface area (Å²) >= 11 is 0. The number of nitrogens with one attached hydrogen (secondary N) is 1. The van der Waals surface area contributed by atoms with Crippen molar-refractivity contribution in [2.75, 3.05) is 19.8 Å². The molecule has 60 heavy (non-hydrogen) atoms. The summed E-state index contributed by atoms with van der Waals surface area (Å²) in [7, 11) is -5.37. The van der Waals surface area contributed by atoms with Gasteiger partial charge in [0, 0.05) is 6.42 Å². The molecular formula is C38H72NO20P. The maximum atomic E-state index is 13.6. The average molecular weight is 894 g/mol. The summed E-state index contributed by atoms with van der Waals surface area (Å²) in [6.07, 6.45) is -16.8. The average Bonchev–Trinajstić information content (AvgIpc) is 3.22. The van der Waals surface area contributed by atoms with Crippen LogP contribution in [-0.2, 0) is 37.4 Å². The van der Waals surface area contributed by atoms with Crippen LogP contribution in [0.5, 0.6) is 0 Å². The third-order valence-corrected chi connectivity index (χ3v) is 12.3. The summed E-state index contributed by atoms with van der Waals surface area (Å²) in [6.45, 7) is 1.53. The molecule has 13 N–H and O–H groups in total. The van der Waals surface area contributed by atoms with E-state index in [1.165, 1.54) is 51.4 Å². The summed E-state index contributed by atoms with van der Waals surface area (Å²) in [5, 5.41) is 118. The monoisotopic (exact) mass is 893 g/mol. The zero-order valence-corrected chi connectivity index (χ0v) is 35.5. The Bertz CT molecular complexity index is 1200. The number of carbonyl (C=O) groups is 1. The molecule has 1 amide bonds. The first-order chi connectivity index (χ1) is 28.5. The number of unbranched alkanes of at least 4 members (excludes halogenated alkanes) is 12. The minimum atomic E-state index is -5.37. The second kappa shape index (κ2) is 26.7. The quantitative estimate of drug-likeness (QED) is 0.0324. The number of phosphoric ester groups is 1. The lowest BCUT2D eigenvalue weighted by Crippen LogP contribution is -2.69. The molecule has 0 bridgehead atoms. The van der Waals surface area contributed by atoms with Gasteiger partial charge in [0.05, 0.1) is 25.9 Å². The maximum Gasteiger partial charge on any atom is 0.472 e. The van der Waals surface area contributed by atoms with Crippen LogP contribution in [0.1, 0.15) is 110 Å². The predicted octanol–water partition coefficient (Wildman–Crippen LogP) is -1.67. The second-order valence-electron chi connectivity index (χ2n) is 16.1. The molecule has 1 saturated carbocycles. The van der Waals surface area contributed by atoms with Crippen molar-refractivity contribution < 1.29 is 98.4 Å². The van der Waals surface area contributed by atoms with Gasteiger partial charge in [0.1, 0.15) is 85.5 Å². The number of phosphoric acid groups is 1. The molecule has 21 nitrogen and oxygen atoms in total. The van der Waals surface area contributed by atoms with Crippen LogP contribution in [0.3, 0.4) is 0 Å². The van der Waals surface area contributed by atoms with Crippen molar-refractivity contribution in [3.63, 3.8) is 0 Å². The number of hydrogen-bond donors (Lipinski definition) is 13. The molecule has 0 spiro atoms. The van der Waals surface area contributed by atoms with E-state index >= 15 is 0 Å². The van der Waals surface area contributed by atoms with Gasteiger partial charge in [-0.15, -0.1) is 0 Å². The summed E-state index contributed by atoms with van der Waals surface area (Å²) in [6, 6.07) is -0.782. The van der Waals surface area contributed by atoms with Crippen LogP contribution >= 0.6 is 7.82 Å².